The molecule has 1 aromatic rings. The van der Waals surface area contributed by atoms with E-state index in [-0.39, 0.29) is 0 Å². The summed E-state index contributed by atoms with van der Waals surface area (Å²) in [5.74, 6) is 0. The molecule has 0 bridgehead atoms. The summed E-state index contributed by atoms with van der Waals surface area (Å²) in [6.45, 7) is 4.65. The van der Waals surface area contributed by atoms with Gasteiger partial charge in [0.15, 0.2) is 0 Å². The fourth-order valence-electron chi connectivity index (χ4n) is 2.31. The molecule has 2 nitrogen and oxygen atoms in total. The van der Waals surface area contributed by atoms with E-state index < -0.39 is 0 Å². The lowest BCUT2D eigenvalue weighted by molar-refractivity contribution is 0.157. The van der Waals surface area contributed by atoms with Gasteiger partial charge in [-0.05, 0) is 38.9 Å². The van der Waals surface area contributed by atoms with Gasteiger partial charge in [0.05, 0.1) is 4.34 Å². The van der Waals surface area contributed by atoms with Crippen molar-refractivity contribution in [2.24, 2.45) is 0 Å². The zero-order valence-corrected chi connectivity index (χ0v) is 11.4. The van der Waals surface area contributed by atoms with Crippen molar-refractivity contribution in [1.29, 1.82) is 0 Å². The lowest BCUT2D eigenvalue weighted by Crippen LogP contribution is -2.41. The molecular weight excluding hydrogens is 240 g/mol. The first-order valence-electron chi connectivity index (χ1n) is 5.87. The maximum atomic E-state index is 5.98. The van der Waals surface area contributed by atoms with Gasteiger partial charge in [0.2, 0.25) is 0 Å². The van der Waals surface area contributed by atoms with Crippen molar-refractivity contribution in [3.05, 3.63) is 21.3 Å². The first kappa shape index (κ1) is 12.4. The number of hydrogen-bond acceptors (Lipinski definition) is 3. The zero-order valence-electron chi connectivity index (χ0n) is 9.87. The largest absolute Gasteiger partial charge is 0.317 e. The van der Waals surface area contributed by atoms with Gasteiger partial charge < -0.3 is 5.32 Å². The van der Waals surface area contributed by atoms with Gasteiger partial charge in [0, 0.05) is 30.1 Å². The molecule has 1 N–H and O–H groups in total. The van der Waals surface area contributed by atoms with E-state index in [4.69, 9.17) is 11.6 Å². The molecule has 16 heavy (non-hydrogen) atoms. The summed E-state index contributed by atoms with van der Waals surface area (Å²) in [6, 6.07) is 5.37. The number of nitrogens with zero attached hydrogens (tertiary/aromatic N) is 1. The molecule has 1 aliphatic heterocycles. The minimum absolute atomic E-state index is 0.510. The fraction of sp³-hybridized carbons (Fsp3) is 0.667. The molecule has 0 saturated carbocycles. The number of hydrogen-bond donors (Lipinski definition) is 1. The van der Waals surface area contributed by atoms with Crippen LogP contribution >= 0.6 is 22.9 Å². The highest BCUT2D eigenvalue weighted by molar-refractivity contribution is 7.16. The normalized spacial score (nSPS) is 21.2. The third kappa shape index (κ3) is 2.77. The summed E-state index contributed by atoms with van der Waals surface area (Å²) in [5.41, 5.74) is 0. The molecule has 1 fully saturated rings. The van der Waals surface area contributed by atoms with Crippen LogP contribution in [-0.4, -0.2) is 31.1 Å². The maximum absolute atomic E-state index is 5.98. The molecule has 90 valence electrons. The zero-order chi connectivity index (χ0) is 11.5. The molecule has 0 amide bonds. The number of nitrogens with one attached hydrogen (secondary N) is 1. The van der Waals surface area contributed by atoms with E-state index in [1.54, 1.807) is 11.3 Å². The second-order valence-electron chi connectivity index (χ2n) is 4.42. The van der Waals surface area contributed by atoms with Gasteiger partial charge in [0.1, 0.15) is 0 Å². The predicted molar refractivity (Wildman–Crippen MR) is 71.4 cm³/mol. The van der Waals surface area contributed by atoms with Crippen LogP contribution in [0.15, 0.2) is 12.1 Å². The number of halogens is 1. The molecule has 2 heterocycles. The van der Waals surface area contributed by atoms with E-state index in [1.165, 1.54) is 30.8 Å². The van der Waals surface area contributed by atoms with Gasteiger partial charge in [-0.1, -0.05) is 11.6 Å². The van der Waals surface area contributed by atoms with Crippen molar-refractivity contribution >= 4 is 22.9 Å². The average molecular weight is 259 g/mol. The molecule has 1 saturated heterocycles. The molecule has 0 spiro atoms. The Morgan fingerprint density at radius 2 is 2.12 bits per heavy atom. The third-order valence-electron chi connectivity index (χ3n) is 3.49. The van der Waals surface area contributed by atoms with Gasteiger partial charge in [-0.15, -0.1) is 11.3 Å². The predicted octanol–water partition coefficient (Wildman–Crippen LogP) is 3.15. The number of piperidine rings is 1. The number of thiophene rings is 1. The molecule has 0 radical (unpaired) electrons. The Bertz CT molecular complexity index is 332. The summed E-state index contributed by atoms with van der Waals surface area (Å²) in [4.78, 5) is 3.93. The maximum Gasteiger partial charge on any atom is 0.0931 e. The van der Waals surface area contributed by atoms with E-state index in [0.717, 1.165) is 4.34 Å². The third-order valence-corrected chi connectivity index (χ3v) is 4.89. The van der Waals surface area contributed by atoms with Crippen LogP contribution in [0.5, 0.6) is 0 Å². The van der Waals surface area contributed by atoms with Crippen LogP contribution < -0.4 is 5.32 Å². The van der Waals surface area contributed by atoms with Crippen molar-refractivity contribution in [3.63, 3.8) is 0 Å². The van der Waals surface area contributed by atoms with Crippen LogP contribution in [0.25, 0.3) is 0 Å². The van der Waals surface area contributed by atoms with Crippen LogP contribution in [-0.2, 0) is 0 Å². The summed E-state index contributed by atoms with van der Waals surface area (Å²) in [5, 5.41) is 3.36. The number of likely N-dealkylation sites (tertiary alicyclic amines) is 1. The van der Waals surface area contributed by atoms with Gasteiger partial charge in [-0.25, -0.2) is 0 Å². The minimum Gasteiger partial charge on any atom is -0.317 e. The van der Waals surface area contributed by atoms with Crippen molar-refractivity contribution in [3.8, 4) is 0 Å². The lowest BCUT2D eigenvalue weighted by atomic mass is 10.0. The molecule has 0 aromatic carbocycles. The Labute approximate surface area is 107 Å². The highest BCUT2D eigenvalue weighted by Crippen LogP contribution is 2.31. The van der Waals surface area contributed by atoms with Crippen molar-refractivity contribution in [2.45, 2.75) is 31.8 Å². The van der Waals surface area contributed by atoms with Crippen LogP contribution in [0.1, 0.15) is 30.7 Å². The van der Waals surface area contributed by atoms with E-state index in [9.17, 15) is 0 Å². The molecule has 4 heteroatoms. The van der Waals surface area contributed by atoms with Gasteiger partial charge in [0.25, 0.3) is 0 Å². The summed E-state index contributed by atoms with van der Waals surface area (Å²) >= 11 is 7.68. The topological polar surface area (TPSA) is 15.3 Å². The van der Waals surface area contributed by atoms with Crippen molar-refractivity contribution in [1.82, 2.24) is 10.2 Å². The SMILES string of the molecule is CNC1CCN(C(C)c2ccc(Cl)s2)CC1. The standard InChI is InChI=1S/C12H19ClN2S/c1-9(11-3-4-12(13)16-11)15-7-5-10(14-2)6-8-15/h3-4,9-10,14H,5-8H2,1-2H3. The Morgan fingerprint density at radius 1 is 1.44 bits per heavy atom. The molecule has 1 aromatic heterocycles. The van der Waals surface area contributed by atoms with E-state index >= 15 is 0 Å². The van der Waals surface area contributed by atoms with Crippen molar-refractivity contribution in [2.75, 3.05) is 20.1 Å². The van der Waals surface area contributed by atoms with Crippen LogP contribution in [0.3, 0.4) is 0 Å². The first-order chi connectivity index (χ1) is 7.70. The smallest absolute Gasteiger partial charge is 0.0931 e. The van der Waals surface area contributed by atoms with E-state index in [2.05, 4.69) is 30.3 Å². The van der Waals surface area contributed by atoms with Gasteiger partial charge >= 0.3 is 0 Å². The molecular formula is C12H19ClN2S. The Balaban J connectivity index is 1.93. The molecule has 1 aliphatic rings. The number of rotatable bonds is 3. The van der Waals surface area contributed by atoms with Crippen molar-refractivity contribution < 1.29 is 0 Å². The highest BCUT2D eigenvalue weighted by Gasteiger charge is 2.23. The van der Waals surface area contributed by atoms with E-state index in [1.807, 2.05) is 6.07 Å². The van der Waals surface area contributed by atoms with Crippen LogP contribution in [0.2, 0.25) is 4.34 Å². The first-order valence-corrected chi connectivity index (χ1v) is 7.06. The highest BCUT2D eigenvalue weighted by atomic mass is 35.5. The second-order valence-corrected chi connectivity index (χ2v) is 6.16. The average Bonchev–Trinajstić information content (AvgIpc) is 2.75. The summed E-state index contributed by atoms with van der Waals surface area (Å²) < 4.78 is 0.895. The lowest BCUT2D eigenvalue weighted by Gasteiger charge is -2.35. The second kappa shape index (κ2) is 5.50. The van der Waals surface area contributed by atoms with Crippen LogP contribution in [0.4, 0.5) is 0 Å². The Morgan fingerprint density at radius 3 is 2.62 bits per heavy atom. The van der Waals surface area contributed by atoms with Gasteiger partial charge in [-0.3, -0.25) is 4.90 Å². The minimum atomic E-state index is 0.510. The van der Waals surface area contributed by atoms with E-state index in [0.29, 0.717) is 12.1 Å². The monoisotopic (exact) mass is 258 g/mol. The molecule has 1 unspecified atom stereocenters. The Kier molecular flexibility index (Phi) is 4.25. The molecule has 2 rings (SSSR count). The Hall–Kier alpha value is -0.0900. The fourth-order valence-corrected chi connectivity index (χ4v) is 3.46. The van der Waals surface area contributed by atoms with Gasteiger partial charge in [-0.2, -0.15) is 0 Å². The summed E-state index contributed by atoms with van der Waals surface area (Å²) in [6.07, 6.45) is 2.50. The summed E-state index contributed by atoms with van der Waals surface area (Å²) in [7, 11) is 2.06. The molecule has 0 aliphatic carbocycles. The quantitative estimate of drug-likeness (QED) is 0.896. The van der Waals surface area contributed by atoms with Crippen LogP contribution in [0, 0.1) is 0 Å². The molecule has 1 atom stereocenters.